The molecule has 0 saturated heterocycles. The molecule has 67 heavy (non-hydrogen) atoms. The van der Waals surface area contributed by atoms with Gasteiger partial charge in [-0.3, -0.25) is 0 Å². The van der Waals surface area contributed by atoms with Crippen molar-refractivity contribution >= 4 is 79.2 Å². The number of benzene rings is 7. The van der Waals surface area contributed by atoms with Crippen LogP contribution in [0, 0.1) is 13.8 Å². The number of hydrogen-bond acceptors (Lipinski definition) is 3. The minimum absolute atomic E-state index is 0.0218. The average molecular weight is 877 g/mol. The van der Waals surface area contributed by atoms with Gasteiger partial charge in [0.15, 0.2) is 0 Å². The lowest BCUT2D eigenvalue weighted by Crippen LogP contribution is -2.62. The highest BCUT2D eigenvalue weighted by atomic mass is 16.3. The molecule has 0 spiro atoms. The lowest BCUT2D eigenvalue weighted by molar-refractivity contribution is 0.332. The van der Waals surface area contributed by atoms with Crippen molar-refractivity contribution in [3.63, 3.8) is 0 Å². The van der Waals surface area contributed by atoms with E-state index in [4.69, 9.17) is 4.42 Å². The SMILES string of the molecule is Cc1cc2c3c(c1)N(c1ccc(C(C)(C)C)cc1-c1ccccc1)c1c(ccc4oc5ccccc5c14)B3c1cc3c(cc1N2c1cc2c(cc1C)C(C)(C)CC2(C)C)C(C)(C)CCC3(C)C. The van der Waals surface area contributed by atoms with Crippen LogP contribution in [0.4, 0.5) is 34.1 Å². The van der Waals surface area contributed by atoms with Crippen LogP contribution in [0.1, 0.15) is 134 Å². The van der Waals surface area contributed by atoms with E-state index in [1.165, 1.54) is 106 Å². The first kappa shape index (κ1) is 42.4. The molecule has 0 unspecified atom stereocenters. The van der Waals surface area contributed by atoms with Crippen LogP contribution >= 0.6 is 0 Å². The molecule has 0 bridgehead atoms. The number of hydrogen-bond donors (Lipinski definition) is 0. The maximum Gasteiger partial charge on any atom is 0.252 e. The molecule has 7 aromatic carbocycles. The van der Waals surface area contributed by atoms with Crippen molar-refractivity contribution in [1.29, 1.82) is 0 Å². The lowest BCUT2D eigenvalue weighted by atomic mass is 9.33. The Morgan fingerprint density at radius 2 is 1.13 bits per heavy atom. The molecular weight excluding hydrogens is 812 g/mol. The van der Waals surface area contributed by atoms with E-state index >= 15 is 0 Å². The molecule has 3 heterocycles. The third kappa shape index (κ3) is 6.09. The van der Waals surface area contributed by atoms with Gasteiger partial charge in [-0.15, -0.1) is 0 Å². The summed E-state index contributed by atoms with van der Waals surface area (Å²) in [5.41, 5.74) is 25.9. The van der Waals surface area contributed by atoms with Gasteiger partial charge in [-0.05, 0) is 170 Å². The van der Waals surface area contributed by atoms with Gasteiger partial charge < -0.3 is 14.2 Å². The molecule has 0 atom stereocenters. The second-order valence-corrected chi connectivity index (χ2v) is 24.5. The van der Waals surface area contributed by atoms with Gasteiger partial charge in [0.25, 0.3) is 6.71 Å². The molecular formula is C63H65BN2O. The van der Waals surface area contributed by atoms with Gasteiger partial charge in [0.05, 0.1) is 16.8 Å². The highest BCUT2D eigenvalue weighted by Gasteiger charge is 2.49. The Balaban J connectivity index is 1.25. The predicted octanol–water partition coefficient (Wildman–Crippen LogP) is 15.6. The first-order chi connectivity index (χ1) is 31.6. The van der Waals surface area contributed by atoms with E-state index in [-0.39, 0.29) is 33.8 Å². The Kier molecular flexibility index (Phi) is 8.73. The largest absolute Gasteiger partial charge is 0.456 e. The van der Waals surface area contributed by atoms with E-state index in [1.807, 2.05) is 0 Å². The van der Waals surface area contributed by atoms with Gasteiger partial charge in [-0.2, -0.15) is 0 Å². The van der Waals surface area contributed by atoms with E-state index < -0.39 is 0 Å². The zero-order valence-corrected chi connectivity index (χ0v) is 42.0. The predicted molar refractivity (Wildman–Crippen MR) is 287 cm³/mol. The van der Waals surface area contributed by atoms with Crippen LogP contribution in [0.3, 0.4) is 0 Å². The minimum atomic E-state index is -0.0350. The number of aryl methyl sites for hydroxylation is 2. The fourth-order valence-corrected chi connectivity index (χ4v) is 13.4. The Morgan fingerprint density at radius 3 is 1.84 bits per heavy atom. The summed E-state index contributed by atoms with van der Waals surface area (Å²) in [5.74, 6) is 0. The van der Waals surface area contributed by atoms with E-state index in [0.29, 0.717) is 0 Å². The number of fused-ring (bicyclic) bond motifs is 10. The van der Waals surface area contributed by atoms with Crippen LogP contribution in [0.25, 0.3) is 33.1 Å². The monoisotopic (exact) mass is 877 g/mol. The summed E-state index contributed by atoms with van der Waals surface area (Å²) in [6.45, 7) is 31.3. The van der Waals surface area contributed by atoms with E-state index in [9.17, 15) is 0 Å². The summed E-state index contributed by atoms with van der Waals surface area (Å²) in [6.07, 6.45) is 3.46. The topological polar surface area (TPSA) is 19.6 Å². The summed E-state index contributed by atoms with van der Waals surface area (Å²) in [4.78, 5) is 5.36. The molecule has 1 aromatic heterocycles. The van der Waals surface area contributed by atoms with Gasteiger partial charge in [-0.25, -0.2) is 0 Å². The quantitative estimate of drug-likeness (QED) is 0.165. The van der Waals surface area contributed by atoms with Gasteiger partial charge in [0.2, 0.25) is 0 Å². The van der Waals surface area contributed by atoms with Crippen molar-refractivity contribution in [2.24, 2.45) is 0 Å². The molecule has 3 nitrogen and oxygen atoms in total. The number of anilines is 6. The Labute approximate surface area is 399 Å². The van der Waals surface area contributed by atoms with E-state index in [0.717, 1.165) is 35.8 Å². The van der Waals surface area contributed by atoms with Crippen molar-refractivity contribution < 1.29 is 4.42 Å². The first-order valence-electron chi connectivity index (χ1n) is 24.9. The van der Waals surface area contributed by atoms with Crippen LogP contribution in [0.2, 0.25) is 0 Å². The molecule has 8 aromatic rings. The Hall–Kier alpha value is -6.00. The van der Waals surface area contributed by atoms with Crippen LogP contribution in [-0.4, -0.2) is 6.71 Å². The zero-order valence-electron chi connectivity index (χ0n) is 42.0. The Bertz CT molecular complexity index is 3410. The highest BCUT2D eigenvalue weighted by molar-refractivity contribution is 7.00. The number of nitrogens with zero attached hydrogens (tertiary/aromatic N) is 2. The van der Waals surface area contributed by atoms with Crippen molar-refractivity contribution in [2.45, 2.75) is 136 Å². The third-order valence-corrected chi connectivity index (χ3v) is 16.8. The molecule has 4 aliphatic rings. The fourth-order valence-electron chi connectivity index (χ4n) is 13.4. The van der Waals surface area contributed by atoms with E-state index in [2.05, 4.69) is 221 Å². The number of furan rings is 1. The molecule has 0 radical (unpaired) electrons. The number of para-hydroxylation sites is 1. The van der Waals surface area contributed by atoms with Crippen molar-refractivity contribution in [2.75, 3.05) is 9.80 Å². The standard InChI is InChI=1S/C63H65BN2O/c1-37-29-52-57-53(30-37)66(49-25-23-40(59(3,4)5)32-42(49)39-19-15-14-16-20-39)58-47(24-26-55-56(58)41-21-17-18-22-54(41)67-55)64(57)48-33-44-45(61(8,9)28-27-60(44,6)7)35-51(48)65(52)50-34-46-43(31-38(50)2)62(10,11)36-63(46,12)13/h14-26,29-35H,27-28,36H2,1-13H3. The van der Waals surface area contributed by atoms with Crippen LogP contribution < -0.4 is 26.2 Å². The average Bonchev–Trinajstić information content (AvgIpc) is 3.74. The minimum Gasteiger partial charge on any atom is -0.456 e. The van der Waals surface area contributed by atoms with E-state index in [1.54, 1.807) is 0 Å². The molecule has 4 heteroatoms. The molecule has 0 N–H and O–H groups in total. The second kappa shape index (κ2) is 13.8. The summed E-state index contributed by atoms with van der Waals surface area (Å²) < 4.78 is 6.81. The lowest BCUT2D eigenvalue weighted by Gasteiger charge is -2.48. The van der Waals surface area contributed by atoms with Gasteiger partial charge in [-0.1, -0.05) is 149 Å². The molecule has 0 saturated carbocycles. The van der Waals surface area contributed by atoms with Crippen molar-refractivity contribution in [3.8, 4) is 11.1 Å². The van der Waals surface area contributed by atoms with Crippen LogP contribution in [-0.2, 0) is 27.1 Å². The third-order valence-electron chi connectivity index (χ3n) is 16.8. The summed E-state index contributed by atoms with van der Waals surface area (Å²) in [6, 6.07) is 47.1. The molecule has 0 fully saturated rings. The molecule has 336 valence electrons. The first-order valence-corrected chi connectivity index (χ1v) is 24.9. The maximum atomic E-state index is 6.81. The molecule has 0 amide bonds. The van der Waals surface area contributed by atoms with Gasteiger partial charge in [0, 0.05) is 33.7 Å². The fraction of sp³-hybridized carbons (Fsp3) is 0.333. The summed E-state index contributed by atoms with van der Waals surface area (Å²) >= 11 is 0. The van der Waals surface area contributed by atoms with Gasteiger partial charge >= 0.3 is 0 Å². The van der Waals surface area contributed by atoms with Crippen LogP contribution in [0.15, 0.2) is 126 Å². The molecule has 2 aliphatic heterocycles. The summed E-state index contributed by atoms with van der Waals surface area (Å²) in [5, 5.41) is 2.32. The van der Waals surface area contributed by atoms with Crippen molar-refractivity contribution in [1.82, 2.24) is 0 Å². The maximum absolute atomic E-state index is 6.81. The summed E-state index contributed by atoms with van der Waals surface area (Å²) in [7, 11) is 0. The molecule has 2 aliphatic carbocycles. The smallest absolute Gasteiger partial charge is 0.252 e. The Morgan fingerprint density at radius 1 is 0.522 bits per heavy atom. The zero-order chi connectivity index (χ0) is 46.9. The normalized spacial score (nSPS) is 18.1. The van der Waals surface area contributed by atoms with Crippen molar-refractivity contribution in [3.05, 3.63) is 160 Å². The van der Waals surface area contributed by atoms with Gasteiger partial charge in [0.1, 0.15) is 11.2 Å². The molecule has 12 rings (SSSR count). The number of rotatable bonds is 3. The van der Waals surface area contributed by atoms with Crippen LogP contribution in [0.5, 0.6) is 0 Å². The second-order valence-electron chi connectivity index (χ2n) is 24.5. The highest BCUT2D eigenvalue weighted by Crippen LogP contribution is 2.56.